The Hall–Kier alpha value is -2.22. The molecule has 0 saturated carbocycles. The van der Waals surface area contributed by atoms with Crippen LogP contribution in [0.4, 0.5) is 5.13 Å². The summed E-state index contributed by atoms with van der Waals surface area (Å²) in [6.07, 6.45) is 1.62. The van der Waals surface area contributed by atoms with Crippen LogP contribution in [-0.2, 0) is 25.5 Å². The van der Waals surface area contributed by atoms with Gasteiger partial charge in [-0.1, -0.05) is 6.08 Å². The third-order valence-electron chi connectivity index (χ3n) is 2.56. The van der Waals surface area contributed by atoms with E-state index in [2.05, 4.69) is 16.9 Å². The molecule has 0 unspecified atom stereocenters. The first-order chi connectivity index (χ1) is 10.5. The molecular weight excluding hydrogens is 306 g/mol. The van der Waals surface area contributed by atoms with Gasteiger partial charge in [-0.2, -0.15) is 0 Å². The largest absolute Gasteiger partial charge is 0.466 e. The summed E-state index contributed by atoms with van der Waals surface area (Å²) in [6, 6.07) is 0. The highest BCUT2D eigenvalue weighted by Gasteiger charge is 2.14. The number of hydrogen-bond acceptors (Lipinski definition) is 6. The van der Waals surface area contributed by atoms with Crippen molar-refractivity contribution in [1.82, 2.24) is 9.88 Å². The van der Waals surface area contributed by atoms with E-state index in [1.165, 1.54) is 23.2 Å². The van der Waals surface area contributed by atoms with Crippen molar-refractivity contribution in [2.45, 2.75) is 20.3 Å². The zero-order chi connectivity index (χ0) is 16.5. The summed E-state index contributed by atoms with van der Waals surface area (Å²) in [4.78, 5) is 40.0. The van der Waals surface area contributed by atoms with E-state index in [0.717, 1.165) is 0 Å². The Labute approximate surface area is 133 Å². The number of esters is 1. The van der Waals surface area contributed by atoms with Crippen LogP contribution < -0.4 is 5.32 Å². The Morgan fingerprint density at radius 3 is 2.82 bits per heavy atom. The summed E-state index contributed by atoms with van der Waals surface area (Å²) in [7, 11) is 0. The van der Waals surface area contributed by atoms with E-state index < -0.39 is 0 Å². The second kappa shape index (κ2) is 8.93. The van der Waals surface area contributed by atoms with Crippen molar-refractivity contribution in [1.29, 1.82) is 0 Å². The normalized spacial score (nSPS) is 9.91. The van der Waals surface area contributed by atoms with Crippen LogP contribution in [0.1, 0.15) is 19.5 Å². The Balaban J connectivity index is 2.54. The van der Waals surface area contributed by atoms with Crippen LogP contribution in [0, 0.1) is 0 Å². The van der Waals surface area contributed by atoms with Crippen LogP contribution in [0.15, 0.2) is 18.0 Å². The Kier molecular flexibility index (Phi) is 7.24. The van der Waals surface area contributed by atoms with Gasteiger partial charge in [-0.3, -0.25) is 14.4 Å². The lowest BCUT2D eigenvalue weighted by atomic mass is 10.3. The number of rotatable bonds is 8. The summed E-state index contributed by atoms with van der Waals surface area (Å²) in [5.74, 6) is -0.925. The molecule has 120 valence electrons. The minimum atomic E-state index is -0.362. The standard InChI is InChI=1S/C14H19N3O4S/c1-4-6-17(10(3)18)8-12(19)16-14-15-11(9-22-14)7-13(20)21-5-2/h4,9H,1,5-8H2,2-3H3,(H,15,16,19). The zero-order valence-corrected chi connectivity index (χ0v) is 13.4. The van der Waals surface area contributed by atoms with Crippen LogP contribution in [0.5, 0.6) is 0 Å². The molecule has 0 atom stereocenters. The van der Waals surface area contributed by atoms with E-state index in [4.69, 9.17) is 4.74 Å². The second-order valence-corrected chi connectivity index (χ2v) is 5.22. The van der Waals surface area contributed by atoms with Gasteiger partial charge in [0.1, 0.15) is 6.54 Å². The van der Waals surface area contributed by atoms with E-state index in [-0.39, 0.29) is 30.7 Å². The minimum absolute atomic E-state index is 0.0657. The van der Waals surface area contributed by atoms with Crippen LogP contribution in [-0.4, -0.2) is 47.4 Å². The second-order valence-electron chi connectivity index (χ2n) is 4.36. The maximum Gasteiger partial charge on any atom is 0.311 e. The molecular formula is C14H19N3O4S. The van der Waals surface area contributed by atoms with Crippen molar-refractivity contribution in [3.63, 3.8) is 0 Å². The van der Waals surface area contributed by atoms with Gasteiger partial charge in [-0.15, -0.1) is 17.9 Å². The van der Waals surface area contributed by atoms with Crippen LogP contribution in [0.25, 0.3) is 0 Å². The number of ether oxygens (including phenoxy) is 1. The molecule has 1 heterocycles. The molecule has 1 aromatic rings. The molecule has 0 aromatic carbocycles. The third-order valence-corrected chi connectivity index (χ3v) is 3.36. The van der Waals surface area contributed by atoms with E-state index in [0.29, 0.717) is 24.0 Å². The fourth-order valence-corrected chi connectivity index (χ4v) is 2.32. The zero-order valence-electron chi connectivity index (χ0n) is 12.6. The highest BCUT2D eigenvalue weighted by Crippen LogP contribution is 2.16. The predicted octanol–water partition coefficient (Wildman–Crippen LogP) is 1.22. The van der Waals surface area contributed by atoms with Crippen molar-refractivity contribution in [3.05, 3.63) is 23.7 Å². The van der Waals surface area contributed by atoms with E-state index >= 15 is 0 Å². The SMILES string of the molecule is C=CCN(CC(=O)Nc1nc(CC(=O)OCC)cs1)C(C)=O. The molecule has 7 nitrogen and oxygen atoms in total. The number of aromatic nitrogens is 1. The number of carbonyl (C=O) groups is 3. The van der Waals surface area contributed by atoms with Gasteiger partial charge in [-0.05, 0) is 6.92 Å². The molecule has 1 rings (SSSR count). The lowest BCUT2D eigenvalue weighted by molar-refractivity contribution is -0.142. The summed E-state index contributed by atoms with van der Waals surface area (Å²) < 4.78 is 4.83. The van der Waals surface area contributed by atoms with Crippen molar-refractivity contribution in [2.24, 2.45) is 0 Å². The van der Waals surface area contributed by atoms with Gasteiger partial charge >= 0.3 is 5.97 Å². The first kappa shape index (κ1) is 17.8. The Morgan fingerprint density at radius 1 is 1.50 bits per heavy atom. The van der Waals surface area contributed by atoms with E-state index in [9.17, 15) is 14.4 Å². The maximum absolute atomic E-state index is 11.9. The molecule has 1 aromatic heterocycles. The predicted molar refractivity (Wildman–Crippen MR) is 83.5 cm³/mol. The molecule has 0 spiro atoms. The number of nitrogens with zero attached hydrogens (tertiary/aromatic N) is 2. The number of anilines is 1. The monoisotopic (exact) mass is 325 g/mol. The fourth-order valence-electron chi connectivity index (χ4n) is 1.60. The Bertz CT molecular complexity index is 556. The molecule has 2 amide bonds. The average Bonchev–Trinajstić information content (AvgIpc) is 2.85. The molecule has 0 radical (unpaired) electrons. The summed E-state index contributed by atoms with van der Waals surface area (Å²) >= 11 is 1.21. The highest BCUT2D eigenvalue weighted by molar-refractivity contribution is 7.13. The topological polar surface area (TPSA) is 88.6 Å². The van der Waals surface area contributed by atoms with E-state index in [1.807, 2.05) is 0 Å². The van der Waals surface area contributed by atoms with E-state index in [1.54, 1.807) is 18.4 Å². The lowest BCUT2D eigenvalue weighted by Crippen LogP contribution is -2.36. The van der Waals surface area contributed by atoms with Crippen molar-refractivity contribution in [2.75, 3.05) is 25.0 Å². The molecule has 1 N–H and O–H groups in total. The van der Waals surface area contributed by atoms with Gasteiger partial charge < -0.3 is 15.0 Å². The van der Waals surface area contributed by atoms with Crippen molar-refractivity contribution >= 4 is 34.3 Å². The number of nitrogens with one attached hydrogen (secondary N) is 1. The fraction of sp³-hybridized carbons (Fsp3) is 0.429. The van der Waals surface area contributed by atoms with Gasteiger partial charge in [0.15, 0.2) is 5.13 Å². The van der Waals surface area contributed by atoms with Gasteiger partial charge in [0, 0.05) is 18.8 Å². The average molecular weight is 325 g/mol. The molecule has 0 saturated heterocycles. The van der Waals surface area contributed by atoms with Gasteiger partial charge in [0.05, 0.1) is 18.7 Å². The van der Waals surface area contributed by atoms with Gasteiger partial charge in [0.2, 0.25) is 11.8 Å². The Morgan fingerprint density at radius 2 is 2.23 bits per heavy atom. The molecule has 0 bridgehead atoms. The number of thiazole rings is 1. The van der Waals surface area contributed by atoms with Crippen molar-refractivity contribution < 1.29 is 19.1 Å². The number of carbonyl (C=O) groups excluding carboxylic acids is 3. The minimum Gasteiger partial charge on any atom is -0.466 e. The molecule has 0 aliphatic heterocycles. The third kappa shape index (κ3) is 6.04. The highest BCUT2D eigenvalue weighted by atomic mass is 32.1. The maximum atomic E-state index is 11.9. The number of hydrogen-bond donors (Lipinski definition) is 1. The number of amides is 2. The lowest BCUT2D eigenvalue weighted by Gasteiger charge is -2.17. The van der Waals surface area contributed by atoms with Gasteiger partial charge in [0.25, 0.3) is 0 Å². The summed E-state index contributed by atoms with van der Waals surface area (Å²) in [5, 5.41) is 4.66. The molecule has 8 heteroatoms. The quantitative estimate of drug-likeness (QED) is 0.573. The van der Waals surface area contributed by atoms with Gasteiger partial charge in [-0.25, -0.2) is 4.98 Å². The summed E-state index contributed by atoms with van der Waals surface area (Å²) in [6.45, 7) is 7.20. The first-order valence-electron chi connectivity index (χ1n) is 6.72. The van der Waals surface area contributed by atoms with Crippen molar-refractivity contribution in [3.8, 4) is 0 Å². The van der Waals surface area contributed by atoms with Crippen LogP contribution in [0.3, 0.4) is 0 Å². The molecule has 0 fully saturated rings. The van der Waals surface area contributed by atoms with Crippen LogP contribution in [0.2, 0.25) is 0 Å². The summed E-state index contributed by atoms with van der Waals surface area (Å²) in [5.41, 5.74) is 0.535. The smallest absolute Gasteiger partial charge is 0.311 e. The molecule has 0 aliphatic carbocycles. The van der Waals surface area contributed by atoms with Crippen LogP contribution >= 0.6 is 11.3 Å². The molecule has 22 heavy (non-hydrogen) atoms. The molecule has 0 aliphatic rings. The first-order valence-corrected chi connectivity index (χ1v) is 7.60.